The molecule has 1 aliphatic rings. The minimum atomic E-state index is -3.58. The first kappa shape index (κ1) is 21.9. The number of morpholine rings is 1. The third-order valence-corrected chi connectivity index (χ3v) is 8.03. The maximum absolute atomic E-state index is 12.9. The molecule has 3 aromatic rings. The van der Waals surface area contributed by atoms with Gasteiger partial charge in [0.2, 0.25) is 10.0 Å². The van der Waals surface area contributed by atoms with Crippen LogP contribution < -0.4 is 5.32 Å². The number of anilines is 1. The lowest BCUT2D eigenvalue weighted by Gasteiger charge is -2.25. The van der Waals surface area contributed by atoms with Crippen molar-refractivity contribution in [3.8, 4) is 0 Å². The van der Waals surface area contributed by atoms with Gasteiger partial charge in [-0.05, 0) is 41.3 Å². The first-order chi connectivity index (χ1) is 14.6. The molecule has 1 aliphatic heterocycles. The number of nitrogens with zero attached hydrogens (tertiary/aromatic N) is 2. The minimum Gasteiger partial charge on any atom is -0.379 e. The fourth-order valence-electron chi connectivity index (χ4n) is 3.35. The van der Waals surface area contributed by atoms with Crippen LogP contribution in [0.2, 0.25) is 0 Å². The number of thiazole rings is 1. The molecule has 0 atom stereocenters. The molecule has 0 aliphatic carbocycles. The molecule has 1 amide bonds. The number of amides is 1. The van der Waals surface area contributed by atoms with E-state index in [9.17, 15) is 13.2 Å². The van der Waals surface area contributed by atoms with Gasteiger partial charge in [-0.3, -0.25) is 10.1 Å². The molecule has 0 spiro atoms. The molecule has 1 N–H and O–H groups in total. The molecule has 31 heavy (non-hydrogen) atoms. The molecule has 2 heterocycles. The van der Waals surface area contributed by atoms with Crippen LogP contribution in [-0.2, 0) is 20.2 Å². The van der Waals surface area contributed by atoms with Crippen molar-refractivity contribution in [1.82, 2.24) is 9.29 Å². The van der Waals surface area contributed by atoms with Gasteiger partial charge in [0.15, 0.2) is 5.13 Å². The van der Waals surface area contributed by atoms with Crippen LogP contribution in [0.3, 0.4) is 0 Å². The predicted molar refractivity (Wildman–Crippen MR) is 122 cm³/mol. The van der Waals surface area contributed by atoms with Gasteiger partial charge in [0.05, 0.1) is 28.3 Å². The number of carbonyl (C=O) groups is 1. The lowest BCUT2D eigenvalue weighted by Crippen LogP contribution is -2.40. The Morgan fingerprint density at radius 2 is 1.77 bits per heavy atom. The topological polar surface area (TPSA) is 88.6 Å². The van der Waals surface area contributed by atoms with Crippen LogP contribution >= 0.6 is 11.3 Å². The van der Waals surface area contributed by atoms with Gasteiger partial charge in [0.1, 0.15) is 0 Å². The second-order valence-corrected chi connectivity index (χ2v) is 11.4. The van der Waals surface area contributed by atoms with E-state index >= 15 is 0 Å². The lowest BCUT2D eigenvalue weighted by molar-refractivity contribution is 0.0730. The van der Waals surface area contributed by atoms with E-state index in [1.165, 1.54) is 15.6 Å². The van der Waals surface area contributed by atoms with E-state index in [1.807, 2.05) is 12.1 Å². The Balaban J connectivity index is 1.53. The van der Waals surface area contributed by atoms with Crippen molar-refractivity contribution >= 4 is 42.6 Å². The summed E-state index contributed by atoms with van der Waals surface area (Å²) in [6, 6.07) is 12.4. The first-order valence-electron chi connectivity index (χ1n) is 10.0. The summed E-state index contributed by atoms with van der Waals surface area (Å²) in [6.45, 7) is 7.85. The molecule has 7 nitrogen and oxygen atoms in total. The molecule has 2 aromatic carbocycles. The summed E-state index contributed by atoms with van der Waals surface area (Å²) in [5.41, 5.74) is 2.35. The standard InChI is InChI=1S/C22H25N3O4S2/c1-22(2,3)16-6-4-15(5-7-16)20(26)24-21-23-18-9-8-17(14-19(18)30-21)31(27,28)25-10-12-29-13-11-25/h4-9,14H,10-13H2,1-3H3,(H,23,24,26). The molecular weight excluding hydrogens is 434 g/mol. The van der Waals surface area contributed by atoms with Gasteiger partial charge in [-0.2, -0.15) is 4.31 Å². The van der Waals surface area contributed by atoms with Gasteiger partial charge in [0.25, 0.3) is 5.91 Å². The summed E-state index contributed by atoms with van der Waals surface area (Å²) >= 11 is 1.25. The Morgan fingerprint density at radius 1 is 1.10 bits per heavy atom. The van der Waals surface area contributed by atoms with E-state index in [-0.39, 0.29) is 16.2 Å². The summed E-state index contributed by atoms with van der Waals surface area (Å²) in [7, 11) is -3.58. The molecule has 0 saturated carbocycles. The normalized spacial score (nSPS) is 15.8. The fourth-order valence-corrected chi connectivity index (χ4v) is 5.76. The van der Waals surface area contributed by atoms with E-state index in [4.69, 9.17) is 4.74 Å². The number of rotatable bonds is 4. The molecule has 164 valence electrons. The lowest BCUT2D eigenvalue weighted by atomic mass is 9.87. The van der Waals surface area contributed by atoms with Gasteiger partial charge >= 0.3 is 0 Å². The third kappa shape index (κ3) is 4.64. The van der Waals surface area contributed by atoms with E-state index in [0.717, 1.165) is 5.56 Å². The SMILES string of the molecule is CC(C)(C)c1ccc(C(=O)Nc2nc3ccc(S(=O)(=O)N4CCOCC4)cc3s2)cc1. The van der Waals surface area contributed by atoms with Gasteiger partial charge < -0.3 is 4.74 Å². The van der Waals surface area contributed by atoms with E-state index in [2.05, 4.69) is 31.1 Å². The average Bonchev–Trinajstić information content (AvgIpc) is 3.15. The number of sulfonamides is 1. The smallest absolute Gasteiger partial charge is 0.257 e. The summed E-state index contributed by atoms with van der Waals surface area (Å²) in [6.07, 6.45) is 0. The maximum Gasteiger partial charge on any atom is 0.257 e. The maximum atomic E-state index is 12.9. The van der Waals surface area contributed by atoms with Gasteiger partial charge in [-0.25, -0.2) is 13.4 Å². The highest BCUT2D eigenvalue weighted by Crippen LogP contribution is 2.30. The average molecular weight is 460 g/mol. The Bertz CT molecular complexity index is 1210. The largest absolute Gasteiger partial charge is 0.379 e. The summed E-state index contributed by atoms with van der Waals surface area (Å²) < 4.78 is 33.1. The van der Waals surface area contributed by atoms with Crippen molar-refractivity contribution in [1.29, 1.82) is 0 Å². The molecule has 4 rings (SSSR count). The molecule has 0 bridgehead atoms. The highest BCUT2D eigenvalue weighted by Gasteiger charge is 2.27. The summed E-state index contributed by atoms with van der Waals surface area (Å²) in [5.74, 6) is -0.249. The van der Waals surface area contributed by atoms with Gasteiger partial charge in [-0.1, -0.05) is 44.2 Å². The van der Waals surface area contributed by atoms with Crippen LogP contribution in [0, 0.1) is 0 Å². The zero-order valence-corrected chi connectivity index (χ0v) is 19.3. The number of hydrogen-bond donors (Lipinski definition) is 1. The van der Waals surface area contributed by atoms with Gasteiger partial charge in [-0.15, -0.1) is 0 Å². The quantitative estimate of drug-likeness (QED) is 0.640. The van der Waals surface area contributed by atoms with Crippen molar-refractivity contribution in [2.75, 3.05) is 31.6 Å². The Labute approximate surface area is 186 Å². The molecule has 0 unspecified atom stereocenters. The predicted octanol–water partition coefficient (Wildman–Crippen LogP) is 3.87. The fraction of sp³-hybridized carbons (Fsp3) is 0.364. The van der Waals surface area contributed by atoms with Gasteiger partial charge in [0, 0.05) is 18.7 Å². The number of hydrogen-bond acceptors (Lipinski definition) is 6. The molecule has 1 aromatic heterocycles. The second-order valence-electron chi connectivity index (χ2n) is 8.45. The Hall–Kier alpha value is -2.33. The van der Waals surface area contributed by atoms with Crippen molar-refractivity contribution in [3.05, 3.63) is 53.6 Å². The summed E-state index contributed by atoms with van der Waals surface area (Å²) in [5, 5.41) is 3.25. The minimum absolute atomic E-state index is 0.0152. The van der Waals surface area contributed by atoms with Crippen molar-refractivity contribution in [3.63, 3.8) is 0 Å². The molecular formula is C22H25N3O4S2. The van der Waals surface area contributed by atoms with Crippen LogP contribution in [0.15, 0.2) is 47.4 Å². The van der Waals surface area contributed by atoms with E-state index < -0.39 is 10.0 Å². The number of nitrogens with one attached hydrogen (secondary N) is 1. The number of carbonyl (C=O) groups excluding carboxylic acids is 1. The third-order valence-electron chi connectivity index (χ3n) is 5.20. The highest BCUT2D eigenvalue weighted by atomic mass is 32.2. The first-order valence-corrected chi connectivity index (χ1v) is 12.3. The van der Waals surface area contributed by atoms with Crippen molar-refractivity contribution < 1.29 is 17.9 Å². The zero-order valence-electron chi connectivity index (χ0n) is 17.7. The van der Waals surface area contributed by atoms with E-state index in [0.29, 0.717) is 47.2 Å². The Morgan fingerprint density at radius 3 is 2.42 bits per heavy atom. The molecule has 1 fully saturated rings. The molecule has 9 heteroatoms. The van der Waals surface area contributed by atoms with Crippen LogP contribution in [0.4, 0.5) is 5.13 Å². The molecule has 1 saturated heterocycles. The van der Waals surface area contributed by atoms with Crippen molar-refractivity contribution in [2.24, 2.45) is 0 Å². The second kappa shape index (κ2) is 8.31. The number of aromatic nitrogens is 1. The number of fused-ring (bicyclic) bond motifs is 1. The van der Waals surface area contributed by atoms with Crippen LogP contribution in [0.5, 0.6) is 0 Å². The monoisotopic (exact) mass is 459 g/mol. The van der Waals surface area contributed by atoms with Crippen LogP contribution in [-0.4, -0.2) is 49.9 Å². The highest BCUT2D eigenvalue weighted by molar-refractivity contribution is 7.89. The number of benzene rings is 2. The molecule has 0 radical (unpaired) electrons. The Kier molecular flexibility index (Phi) is 5.87. The summed E-state index contributed by atoms with van der Waals surface area (Å²) in [4.78, 5) is 17.3. The zero-order chi connectivity index (χ0) is 22.2. The van der Waals surface area contributed by atoms with E-state index in [1.54, 1.807) is 30.3 Å². The van der Waals surface area contributed by atoms with Crippen molar-refractivity contribution in [2.45, 2.75) is 31.1 Å². The van der Waals surface area contributed by atoms with Crippen LogP contribution in [0.25, 0.3) is 10.2 Å². The van der Waals surface area contributed by atoms with Crippen LogP contribution in [0.1, 0.15) is 36.7 Å². The number of ether oxygens (including phenoxy) is 1.